The van der Waals surface area contributed by atoms with Crippen LogP contribution in [-0.4, -0.2) is 23.8 Å². The van der Waals surface area contributed by atoms with Crippen LogP contribution in [0.4, 0.5) is 0 Å². The van der Waals surface area contributed by atoms with Crippen LogP contribution in [0.25, 0.3) is 0 Å². The summed E-state index contributed by atoms with van der Waals surface area (Å²) in [6.45, 7) is 4.82. The molecule has 3 rings (SSSR count). The van der Waals surface area contributed by atoms with Gasteiger partial charge in [-0.3, -0.25) is 0 Å². The molecule has 2 aliphatic rings. The smallest absolute Gasteiger partial charge is 0.0891 e. The number of rotatable bonds is 1. The van der Waals surface area contributed by atoms with E-state index in [0.29, 0.717) is 0 Å². The Morgan fingerprint density at radius 2 is 2.18 bits per heavy atom. The molecule has 0 spiro atoms. The van der Waals surface area contributed by atoms with Crippen molar-refractivity contribution in [2.75, 3.05) is 13.1 Å². The van der Waals surface area contributed by atoms with Gasteiger partial charge in [0.2, 0.25) is 0 Å². The zero-order chi connectivity index (χ0) is 11.9. The zero-order valence-electron chi connectivity index (χ0n) is 10.2. The van der Waals surface area contributed by atoms with E-state index in [-0.39, 0.29) is 12.0 Å². The van der Waals surface area contributed by atoms with Gasteiger partial charge in [0.25, 0.3) is 0 Å². The Balaban J connectivity index is 1.95. The molecular formula is C14H20N2O. The summed E-state index contributed by atoms with van der Waals surface area (Å²) in [5, 5.41) is 17.8. The summed E-state index contributed by atoms with van der Waals surface area (Å²) < 4.78 is 0. The minimum atomic E-state index is -0.613. The Labute approximate surface area is 102 Å². The lowest BCUT2D eigenvalue weighted by molar-refractivity contribution is -0.0632. The summed E-state index contributed by atoms with van der Waals surface area (Å²) in [4.78, 5) is 0. The molecule has 3 atom stereocenters. The van der Waals surface area contributed by atoms with Crippen molar-refractivity contribution in [2.45, 2.75) is 31.5 Å². The summed E-state index contributed by atoms with van der Waals surface area (Å²) in [5.74, 6) is 0.278. The van der Waals surface area contributed by atoms with Gasteiger partial charge in [0.15, 0.2) is 0 Å². The lowest BCUT2D eigenvalue weighted by Gasteiger charge is -2.43. The fraction of sp³-hybridized carbons (Fsp3) is 0.571. The highest BCUT2D eigenvalue weighted by Gasteiger charge is 2.45. The van der Waals surface area contributed by atoms with E-state index < -0.39 is 5.60 Å². The first-order valence-corrected chi connectivity index (χ1v) is 6.46. The Morgan fingerprint density at radius 1 is 1.35 bits per heavy atom. The molecule has 1 saturated heterocycles. The van der Waals surface area contributed by atoms with Gasteiger partial charge < -0.3 is 15.7 Å². The van der Waals surface area contributed by atoms with Crippen molar-refractivity contribution in [2.24, 2.45) is 5.92 Å². The van der Waals surface area contributed by atoms with Gasteiger partial charge in [-0.15, -0.1) is 0 Å². The molecule has 92 valence electrons. The fourth-order valence-electron chi connectivity index (χ4n) is 3.20. The summed E-state index contributed by atoms with van der Waals surface area (Å²) in [6, 6.07) is 8.52. The van der Waals surface area contributed by atoms with Crippen molar-refractivity contribution in [1.82, 2.24) is 10.6 Å². The van der Waals surface area contributed by atoms with E-state index >= 15 is 0 Å². The second-order valence-corrected chi connectivity index (χ2v) is 5.36. The average molecular weight is 232 g/mol. The highest BCUT2D eigenvalue weighted by molar-refractivity contribution is 5.36. The maximum absolute atomic E-state index is 11.0. The van der Waals surface area contributed by atoms with E-state index in [1.165, 1.54) is 11.1 Å². The molecule has 0 bridgehead atoms. The second kappa shape index (κ2) is 4.09. The van der Waals surface area contributed by atoms with Crippen molar-refractivity contribution >= 4 is 0 Å². The number of hydrogen-bond donors (Lipinski definition) is 3. The van der Waals surface area contributed by atoms with Crippen LogP contribution in [0, 0.1) is 5.92 Å². The Morgan fingerprint density at radius 3 is 3.00 bits per heavy atom. The summed E-state index contributed by atoms with van der Waals surface area (Å²) >= 11 is 0. The molecule has 3 unspecified atom stereocenters. The van der Waals surface area contributed by atoms with Crippen LogP contribution in [0.2, 0.25) is 0 Å². The number of hydrogen-bond acceptors (Lipinski definition) is 3. The Hall–Kier alpha value is -0.900. The van der Waals surface area contributed by atoms with Crippen LogP contribution in [0.15, 0.2) is 24.3 Å². The minimum Gasteiger partial charge on any atom is -0.388 e. The summed E-state index contributed by atoms with van der Waals surface area (Å²) in [5.41, 5.74) is 2.00. The van der Waals surface area contributed by atoms with Crippen LogP contribution >= 0.6 is 0 Å². The predicted octanol–water partition coefficient (Wildman–Crippen LogP) is 1.19. The molecule has 3 heteroatoms. The van der Waals surface area contributed by atoms with E-state index in [1.807, 2.05) is 0 Å². The van der Waals surface area contributed by atoms with E-state index in [9.17, 15) is 5.11 Å². The quantitative estimate of drug-likeness (QED) is 0.681. The number of benzene rings is 1. The van der Waals surface area contributed by atoms with E-state index in [0.717, 1.165) is 26.1 Å². The molecule has 3 N–H and O–H groups in total. The van der Waals surface area contributed by atoms with Crippen LogP contribution < -0.4 is 10.6 Å². The summed E-state index contributed by atoms with van der Waals surface area (Å²) in [7, 11) is 0. The summed E-state index contributed by atoms with van der Waals surface area (Å²) in [6.07, 6.45) is 0.820. The van der Waals surface area contributed by atoms with Gasteiger partial charge >= 0.3 is 0 Å². The van der Waals surface area contributed by atoms with Crippen LogP contribution in [-0.2, 0) is 6.54 Å². The SMILES string of the molecule is CC1CNCCC1(O)C1NCc2ccccc21. The molecule has 0 amide bonds. The van der Waals surface area contributed by atoms with Gasteiger partial charge in [0.1, 0.15) is 0 Å². The second-order valence-electron chi connectivity index (χ2n) is 5.36. The van der Waals surface area contributed by atoms with Crippen molar-refractivity contribution in [3.8, 4) is 0 Å². The predicted molar refractivity (Wildman–Crippen MR) is 67.6 cm³/mol. The number of nitrogens with one attached hydrogen (secondary N) is 2. The van der Waals surface area contributed by atoms with Crippen LogP contribution in [0.3, 0.4) is 0 Å². The lowest BCUT2D eigenvalue weighted by Crippen LogP contribution is -2.54. The van der Waals surface area contributed by atoms with E-state index in [4.69, 9.17) is 0 Å². The monoisotopic (exact) mass is 232 g/mol. The first-order chi connectivity index (χ1) is 8.22. The molecule has 0 radical (unpaired) electrons. The third kappa shape index (κ3) is 1.69. The maximum Gasteiger partial charge on any atom is 0.0891 e. The molecule has 1 fully saturated rings. The van der Waals surface area contributed by atoms with Crippen molar-refractivity contribution < 1.29 is 5.11 Å². The molecule has 1 aromatic carbocycles. The standard InChI is InChI=1S/C14H20N2O/c1-10-8-15-7-6-14(10,17)13-12-5-3-2-4-11(12)9-16-13/h2-5,10,13,15-17H,6-9H2,1H3. The first-order valence-electron chi connectivity index (χ1n) is 6.46. The number of piperidine rings is 1. The van der Waals surface area contributed by atoms with E-state index in [1.54, 1.807) is 0 Å². The van der Waals surface area contributed by atoms with E-state index in [2.05, 4.69) is 41.8 Å². The van der Waals surface area contributed by atoms with Crippen LogP contribution in [0.5, 0.6) is 0 Å². The Bertz CT molecular complexity index is 420. The highest BCUT2D eigenvalue weighted by atomic mass is 16.3. The molecule has 2 aliphatic heterocycles. The van der Waals surface area contributed by atoms with Crippen molar-refractivity contribution in [3.05, 3.63) is 35.4 Å². The fourth-order valence-corrected chi connectivity index (χ4v) is 3.20. The molecule has 1 aromatic rings. The molecule has 17 heavy (non-hydrogen) atoms. The van der Waals surface area contributed by atoms with Crippen LogP contribution in [0.1, 0.15) is 30.5 Å². The zero-order valence-corrected chi connectivity index (χ0v) is 10.2. The van der Waals surface area contributed by atoms with Crippen molar-refractivity contribution in [3.63, 3.8) is 0 Å². The molecule has 0 saturated carbocycles. The lowest BCUT2D eigenvalue weighted by atomic mass is 9.75. The van der Waals surface area contributed by atoms with Gasteiger partial charge in [-0.25, -0.2) is 0 Å². The topological polar surface area (TPSA) is 44.3 Å². The average Bonchev–Trinajstić information content (AvgIpc) is 2.77. The maximum atomic E-state index is 11.0. The highest BCUT2D eigenvalue weighted by Crippen LogP contribution is 2.40. The van der Waals surface area contributed by atoms with Gasteiger partial charge in [-0.05, 0) is 30.0 Å². The number of fused-ring (bicyclic) bond motifs is 1. The van der Waals surface area contributed by atoms with Crippen molar-refractivity contribution in [1.29, 1.82) is 0 Å². The van der Waals surface area contributed by atoms with Gasteiger partial charge in [-0.2, -0.15) is 0 Å². The molecule has 0 aromatic heterocycles. The minimum absolute atomic E-state index is 0.0933. The van der Waals surface area contributed by atoms with Gasteiger partial charge in [-0.1, -0.05) is 31.2 Å². The Kier molecular flexibility index (Phi) is 2.69. The normalized spacial score (nSPS) is 36.8. The third-order valence-electron chi connectivity index (χ3n) is 4.37. The largest absolute Gasteiger partial charge is 0.388 e. The molecule has 3 nitrogen and oxygen atoms in total. The van der Waals surface area contributed by atoms with Gasteiger partial charge in [0, 0.05) is 13.1 Å². The van der Waals surface area contributed by atoms with Gasteiger partial charge in [0.05, 0.1) is 11.6 Å². The third-order valence-corrected chi connectivity index (χ3v) is 4.37. The molecule has 0 aliphatic carbocycles. The first kappa shape index (κ1) is 11.2. The number of aliphatic hydroxyl groups is 1. The molecular weight excluding hydrogens is 212 g/mol. The molecule has 2 heterocycles.